The summed E-state index contributed by atoms with van der Waals surface area (Å²) in [6.45, 7) is 0. The van der Waals surface area contributed by atoms with Crippen LogP contribution >= 0.6 is 15.9 Å². The largest absolute Gasteiger partial charge is 0.315 e. The quantitative estimate of drug-likeness (QED) is 0.668. The molecule has 62 valence electrons. The zero-order valence-electron chi connectivity index (χ0n) is 6.36. The Morgan fingerprint density at radius 3 is 3.00 bits per heavy atom. The molecular weight excluding hydrogens is 222 g/mol. The normalized spacial score (nSPS) is 10.8. The molecule has 0 fully saturated rings. The minimum Gasteiger partial charge on any atom is -0.315 e. The minimum absolute atomic E-state index is 0.0538. The zero-order valence-corrected chi connectivity index (χ0v) is 7.95. The molecule has 0 aliphatic rings. The Morgan fingerprint density at radius 2 is 2.25 bits per heavy atom. The second kappa shape index (κ2) is 2.45. The van der Waals surface area contributed by atoms with Crippen LogP contribution in [0.3, 0.4) is 0 Å². The molecule has 0 bridgehead atoms. The number of nitrogens with zero attached hydrogens (tertiary/aromatic N) is 3. The summed E-state index contributed by atoms with van der Waals surface area (Å²) in [4.78, 5) is 11.5. The van der Waals surface area contributed by atoms with Gasteiger partial charge in [-0.2, -0.15) is 5.10 Å². The highest BCUT2D eigenvalue weighted by Crippen LogP contribution is 2.12. The Balaban J connectivity index is 3.06. The van der Waals surface area contributed by atoms with Gasteiger partial charge in [0.1, 0.15) is 5.52 Å². The fourth-order valence-corrected chi connectivity index (χ4v) is 1.50. The van der Waals surface area contributed by atoms with Crippen LogP contribution in [0.5, 0.6) is 0 Å². The molecule has 0 aliphatic heterocycles. The van der Waals surface area contributed by atoms with Crippen molar-refractivity contribution in [2.75, 3.05) is 0 Å². The second-order valence-corrected chi connectivity index (χ2v) is 3.35. The Labute approximate surface area is 76.6 Å². The molecule has 2 aromatic heterocycles. The molecule has 0 atom stereocenters. The lowest BCUT2D eigenvalue weighted by Gasteiger charge is -1.96. The first-order valence-electron chi connectivity index (χ1n) is 3.38. The molecule has 5 heteroatoms. The summed E-state index contributed by atoms with van der Waals surface area (Å²) in [5.74, 6) is 0. The van der Waals surface area contributed by atoms with Crippen LogP contribution in [0.2, 0.25) is 0 Å². The van der Waals surface area contributed by atoms with Crippen molar-refractivity contribution in [3.05, 3.63) is 33.4 Å². The fourth-order valence-electron chi connectivity index (χ4n) is 1.05. The summed E-state index contributed by atoms with van der Waals surface area (Å²) in [6.07, 6.45) is 5.02. The highest BCUT2D eigenvalue weighted by molar-refractivity contribution is 9.10. The Morgan fingerprint density at radius 1 is 1.50 bits per heavy atom. The van der Waals surface area contributed by atoms with Gasteiger partial charge in [-0.1, -0.05) is 0 Å². The molecule has 0 unspecified atom stereocenters. The molecule has 0 radical (unpaired) electrons. The predicted molar refractivity (Wildman–Crippen MR) is 48.1 cm³/mol. The van der Waals surface area contributed by atoms with E-state index in [0.717, 1.165) is 4.47 Å². The van der Waals surface area contributed by atoms with Crippen molar-refractivity contribution < 1.29 is 0 Å². The van der Waals surface area contributed by atoms with Crippen LogP contribution in [0, 0.1) is 0 Å². The van der Waals surface area contributed by atoms with Crippen molar-refractivity contribution in [1.82, 2.24) is 14.2 Å². The molecule has 0 saturated heterocycles. The summed E-state index contributed by atoms with van der Waals surface area (Å²) in [7, 11) is 1.71. The number of hydrogen-bond acceptors (Lipinski definition) is 2. The summed E-state index contributed by atoms with van der Waals surface area (Å²) < 4.78 is 3.79. The van der Waals surface area contributed by atoms with Crippen LogP contribution in [-0.4, -0.2) is 14.2 Å². The monoisotopic (exact) mass is 227 g/mol. The summed E-state index contributed by atoms with van der Waals surface area (Å²) in [5.41, 5.74) is 0.516. The van der Waals surface area contributed by atoms with Gasteiger partial charge in [-0.05, 0) is 15.9 Å². The Bertz CT molecular complexity index is 485. The number of hydrogen-bond donors (Lipinski definition) is 0. The van der Waals surface area contributed by atoms with Crippen molar-refractivity contribution in [1.29, 1.82) is 0 Å². The summed E-state index contributed by atoms with van der Waals surface area (Å²) in [5, 5.41) is 3.98. The van der Waals surface area contributed by atoms with E-state index in [1.807, 2.05) is 0 Å². The van der Waals surface area contributed by atoms with Gasteiger partial charge in [-0.15, -0.1) is 0 Å². The van der Waals surface area contributed by atoms with E-state index in [0.29, 0.717) is 5.52 Å². The lowest BCUT2D eigenvalue weighted by Crippen LogP contribution is -2.17. The molecule has 0 aliphatic carbocycles. The second-order valence-electron chi connectivity index (χ2n) is 2.50. The average Bonchev–Trinajstić information content (AvgIpc) is 2.41. The number of rotatable bonds is 0. The summed E-state index contributed by atoms with van der Waals surface area (Å²) in [6, 6.07) is 0. The van der Waals surface area contributed by atoms with Gasteiger partial charge in [-0.3, -0.25) is 4.79 Å². The van der Waals surface area contributed by atoms with Gasteiger partial charge in [0, 0.05) is 19.4 Å². The predicted octanol–water partition coefficient (Wildman–Crippen LogP) is 0.795. The standard InChI is InChI=1S/C7H6BrN3O/c1-10-2-3-11-6(7(10)12)5(8)4-9-11/h2-4H,1H3. The third-order valence-electron chi connectivity index (χ3n) is 1.71. The molecule has 4 nitrogen and oxygen atoms in total. The first-order valence-corrected chi connectivity index (χ1v) is 4.18. The molecule has 0 N–H and O–H groups in total. The maximum absolute atomic E-state index is 11.5. The van der Waals surface area contributed by atoms with Crippen molar-refractivity contribution in [3.63, 3.8) is 0 Å². The molecular formula is C7H6BrN3O. The smallest absolute Gasteiger partial charge is 0.277 e. The van der Waals surface area contributed by atoms with Gasteiger partial charge < -0.3 is 4.57 Å². The van der Waals surface area contributed by atoms with E-state index in [1.54, 1.807) is 30.2 Å². The van der Waals surface area contributed by atoms with E-state index in [1.165, 1.54) is 4.57 Å². The van der Waals surface area contributed by atoms with Gasteiger partial charge in [0.05, 0.1) is 10.7 Å². The van der Waals surface area contributed by atoms with Crippen LogP contribution in [0.4, 0.5) is 0 Å². The van der Waals surface area contributed by atoms with Gasteiger partial charge in [-0.25, -0.2) is 4.52 Å². The highest BCUT2D eigenvalue weighted by atomic mass is 79.9. The lowest BCUT2D eigenvalue weighted by molar-refractivity contribution is 0.820. The van der Waals surface area contributed by atoms with Crippen molar-refractivity contribution >= 4 is 21.4 Å². The highest BCUT2D eigenvalue weighted by Gasteiger charge is 2.05. The van der Waals surface area contributed by atoms with Crippen LogP contribution in [0.25, 0.3) is 5.52 Å². The molecule has 2 rings (SSSR count). The third-order valence-corrected chi connectivity index (χ3v) is 2.29. The molecule has 0 saturated carbocycles. The molecule has 2 aromatic rings. The number of aromatic nitrogens is 3. The van der Waals surface area contributed by atoms with E-state index in [9.17, 15) is 4.79 Å². The van der Waals surface area contributed by atoms with E-state index in [4.69, 9.17) is 0 Å². The fraction of sp³-hybridized carbons (Fsp3) is 0.143. The Kier molecular flexibility index (Phi) is 1.54. The molecule has 0 aromatic carbocycles. The number of halogens is 1. The average molecular weight is 228 g/mol. The lowest BCUT2D eigenvalue weighted by atomic mass is 10.5. The molecule has 0 amide bonds. The number of aryl methyl sites for hydroxylation is 1. The van der Waals surface area contributed by atoms with Gasteiger partial charge in [0.15, 0.2) is 0 Å². The van der Waals surface area contributed by atoms with Crippen LogP contribution in [-0.2, 0) is 7.05 Å². The SMILES string of the molecule is Cn1ccn2ncc(Br)c2c1=O. The zero-order chi connectivity index (χ0) is 8.72. The van der Waals surface area contributed by atoms with Crippen LogP contribution in [0.15, 0.2) is 27.9 Å². The molecule has 0 spiro atoms. The van der Waals surface area contributed by atoms with E-state index in [-0.39, 0.29) is 5.56 Å². The van der Waals surface area contributed by atoms with E-state index < -0.39 is 0 Å². The van der Waals surface area contributed by atoms with Gasteiger partial charge in [0.2, 0.25) is 0 Å². The molecule has 2 heterocycles. The van der Waals surface area contributed by atoms with Crippen molar-refractivity contribution in [2.45, 2.75) is 0 Å². The third kappa shape index (κ3) is 0.896. The van der Waals surface area contributed by atoms with E-state index >= 15 is 0 Å². The van der Waals surface area contributed by atoms with Crippen molar-refractivity contribution in [2.24, 2.45) is 7.05 Å². The maximum atomic E-state index is 11.5. The van der Waals surface area contributed by atoms with Gasteiger partial charge in [0.25, 0.3) is 5.56 Å². The van der Waals surface area contributed by atoms with Crippen LogP contribution in [0.1, 0.15) is 0 Å². The topological polar surface area (TPSA) is 39.3 Å². The number of fused-ring (bicyclic) bond motifs is 1. The Hall–Kier alpha value is -1.10. The van der Waals surface area contributed by atoms with Crippen molar-refractivity contribution in [3.8, 4) is 0 Å². The first kappa shape index (κ1) is 7.54. The van der Waals surface area contributed by atoms with E-state index in [2.05, 4.69) is 21.0 Å². The summed E-state index contributed by atoms with van der Waals surface area (Å²) >= 11 is 3.26. The minimum atomic E-state index is -0.0538. The first-order chi connectivity index (χ1) is 5.70. The van der Waals surface area contributed by atoms with Gasteiger partial charge >= 0.3 is 0 Å². The van der Waals surface area contributed by atoms with Crippen LogP contribution < -0.4 is 5.56 Å². The molecule has 12 heavy (non-hydrogen) atoms. The maximum Gasteiger partial charge on any atom is 0.277 e.